The molecule has 1 aromatic heterocycles. The summed E-state index contributed by atoms with van der Waals surface area (Å²) >= 11 is 0. The minimum Gasteiger partial charge on any atom is -0.508 e. The van der Waals surface area contributed by atoms with Crippen molar-refractivity contribution in [3.8, 4) is 5.75 Å². The number of rotatable bonds is 7. The van der Waals surface area contributed by atoms with Gasteiger partial charge >= 0.3 is 0 Å². The van der Waals surface area contributed by atoms with Crippen LogP contribution in [0.2, 0.25) is 0 Å². The molecule has 0 amide bonds. The maximum absolute atomic E-state index is 11.8. The molecule has 0 fully saturated rings. The molecule has 6 nitrogen and oxygen atoms in total. The highest BCUT2D eigenvalue weighted by atomic mass is 16.3. The van der Waals surface area contributed by atoms with E-state index in [1.165, 1.54) is 11.6 Å². The van der Waals surface area contributed by atoms with Crippen LogP contribution < -0.4 is 16.2 Å². The van der Waals surface area contributed by atoms with Crippen molar-refractivity contribution in [2.45, 2.75) is 19.3 Å². The Morgan fingerprint density at radius 2 is 1.63 bits per heavy atom. The van der Waals surface area contributed by atoms with Crippen LogP contribution in [0.1, 0.15) is 23.2 Å². The Labute approximate surface area is 178 Å². The van der Waals surface area contributed by atoms with E-state index in [0.717, 1.165) is 24.1 Å². The highest BCUT2D eigenvalue weighted by Gasteiger charge is 2.03. The average molecular weight is 409 g/mol. The number of H-pyrrole nitrogens is 1. The van der Waals surface area contributed by atoms with E-state index in [-0.39, 0.29) is 11.3 Å². The van der Waals surface area contributed by atoms with E-state index < -0.39 is 0 Å². The Bertz CT molecular complexity index is 893. The molecule has 3 aromatic rings. The first-order valence-corrected chi connectivity index (χ1v) is 9.85. The van der Waals surface area contributed by atoms with Crippen LogP contribution in [0.4, 0.5) is 5.95 Å². The predicted octanol–water partition coefficient (Wildman–Crippen LogP) is 3.75. The van der Waals surface area contributed by atoms with Gasteiger partial charge in [0.25, 0.3) is 5.56 Å². The molecule has 0 aliphatic carbocycles. The second-order valence-electron chi connectivity index (χ2n) is 6.44. The number of phenolic OH excluding ortho intramolecular Hbond substituents is 1. The second kappa shape index (κ2) is 14.6. The zero-order valence-electron chi connectivity index (χ0n) is 17.8. The van der Waals surface area contributed by atoms with E-state index in [0.29, 0.717) is 18.9 Å². The van der Waals surface area contributed by atoms with Crippen molar-refractivity contribution in [3.63, 3.8) is 0 Å². The molecule has 30 heavy (non-hydrogen) atoms. The molecular weight excluding hydrogens is 376 g/mol. The fourth-order valence-electron chi connectivity index (χ4n) is 2.65. The van der Waals surface area contributed by atoms with Gasteiger partial charge in [-0.05, 0) is 50.2 Å². The minimum absolute atomic E-state index is 0.151. The zero-order valence-corrected chi connectivity index (χ0v) is 17.8. The SMILES string of the molecule is C=C.CNC.O=c1cc(Cc2ccccc2)nc(NCCCc2ccc(O)cc2)[nH]1. The standard InChI is InChI=1S/C20H21N3O2.C2H7N.C2H4/c24-18-10-8-15(9-11-18)7-4-12-21-20-22-17(14-19(25)23-20)13-16-5-2-1-3-6-16;1-3-2;1-2/h1-3,5-6,8-11,14,24H,4,7,12-13H2,(H2,21,22,23,25);3H,1-2H3;1-2H2. The molecule has 0 unspecified atom stereocenters. The number of hydrogen-bond donors (Lipinski definition) is 4. The molecule has 4 N–H and O–H groups in total. The van der Waals surface area contributed by atoms with Gasteiger partial charge in [0.15, 0.2) is 0 Å². The number of benzene rings is 2. The molecule has 0 aliphatic heterocycles. The molecule has 2 aromatic carbocycles. The number of aromatic amines is 1. The summed E-state index contributed by atoms with van der Waals surface area (Å²) in [6.45, 7) is 6.71. The molecular formula is C24H32N4O2. The smallest absolute Gasteiger partial charge is 0.252 e. The molecule has 160 valence electrons. The molecule has 0 radical (unpaired) electrons. The third-order valence-corrected chi connectivity index (χ3v) is 3.89. The van der Waals surface area contributed by atoms with Crippen molar-refractivity contribution in [3.05, 3.63) is 101 Å². The number of nitrogens with one attached hydrogen (secondary N) is 3. The number of aromatic hydroxyl groups is 1. The first-order chi connectivity index (χ1) is 14.6. The van der Waals surface area contributed by atoms with Gasteiger partial charge in [-0.3, -0.25) is 9.78 Å². The average Bonchev–Trinajstić information content (AvgIpc) is 2.75. The van der Waals surface area contributed by atoms with Gasteiger partial charge in [-0.2, -0.15) is 0 Å². The maximum atomic E-state index is 11.8. The van der Waals surface area contributed by atoms with Crippen LogP contribution in [0.25, 0.3) is 0 Å². The molecule has 0 saturated heterocycles. The van der Waals surface area contributed by atoms with Crippen molar-refractivity contribution in [2.24, 2.45) is 0 Å². The second-order valence-corrected chi connectivity index (χ2v) is 6.44. The number of phenols is 1. The summed E-state index contributed by atoms with van der Waals surface area (Å²) in [4.78, 5) is 19.0. The summed E-state index contributed by atoms with van der Waals surface area (Å²) in [7, 11) is 3.75. The Kier molecular flexibility index (Phi) is 12.0. The fraction of sp³-hybridized carbons (Fsp3) is 0.250. The lowest BCUT2D eigenvalue weighted by molar-refractivity contribution is 0.475. The predicted molar refractivity (Wildman–Crippen MR) is 125 cm³/mol. The molecule has 0 atom stereocenters. The van der Waals surface area contributed by atoms with Crippen molar-refractivity contribution in [1.82, 2.24) is 15.3 Å². The normalized spacial score (nSPS) is 9.53. The number of aryl methyl sites for hydroxylation is 1. The largest absolute Gasteiger partial charge is 0.508 e. The van der Waals surface area contributed by atoms with Gasteiger partial charge in [0.05, 0.1) is 5.69 Å². The fourth-order valence-corrected chi connectivity index (χ4v) is 2.65. The molecule has 1 heterocycles. The van der Waals surface area contributed by atoms with Crippen molar-refractivity contribution in [1.29, 1.82) is 0 Å². The van der Waals surface area contributed by atoms with Crippen molar-refractivity contribution < 1.29 is 5.11 Å². The highest BCUT2D eigenvalue weighted by molar-refractivity contribution is 5.29. The monoisotopic (exact) mass is 408 g/mol. The molecule has 0 saturated carbocycles. The summed E-state index contributed by atoms with van der Waals surface area (Å²) in [5.74, 6) is 0.781. The van der Waals surface area contributed by atoms with Crippen LogP contribution in [0.15, 0.2) is 78.6 Å². The zero-order chi connectivity index (χ0) is 22.2. The highest BCUT2D eigenvalue weighted by Crippen LogP contribution is 2.11. The first-order valence-electron chi connectivity index (χ1n) is 9.85. The van der Waals surface area contributed by atoms with Crippen LogP contribution in [-0.2, 0) is 12.8 Å². The lowest BCUT2D eigenvalue weighted by Crippen LogP contribution is -2.15. The van der Waals surface area contributed by atoms with E-state index >= 15 is 0 Å². The number of hydrogen-bond acceptors (Lipinski definition) is 5. The topological polar surface area (TPSA) is 90.0 Å². The van der Waals surface area contributed by atoms with Crippen LogP contribution in [0.5, 0.6) is 5.75 Å². The van der Waals surface area contributed by atoms with Gasteiger partial charge in [0, 0.05) is 19.0 Å². The van der Waals surface area contributed by atoms with Gasteiger partial charge in [0.2, 0.25) is 5.95 Å². The lowest BCUT2D eigenvalue weighted by atomic mass is 10.1. The van der Waals surface area contributed by atoms with E-state index in [4.69, 9.17) is 0 Å². The van der Waals surface area contributed by atoms with Crippen LogP contribution >= 0.6 is 0 Å². The van der Waals surface area contributed by atoms with Gasteiger partial charge in [-0.1, -0.05) is 42.5 Å². The third-order valence-electron chi connectivity index (χ3n) is 3.89. The Hall–Kier alpha value is -3.38. The van der Waals surface area contributed by atoms with Gasteiger partial charge < -0.3 is 15.7 Å². The Morgan fingerprint density at radius 1 is 1.00 bits per heavy atom. The minimum atomic E-state index is -0.151. The van der Waals surface area contributed by atoms with Crippen molar-refractivity contribution >= 4 is 5.95 Å². The van der Waals surface area contributed by atoms with E-state index in [9.17, 15) is 9.90 Å². The quantitative estimate of drug-likeness (QED) is 0.353. The maximum Gasteiger partial charge on any atom is 0.252 e. The summed E-state index contributed by atoms with van der Waals surface area (Å²) in [6.07, 6.45) is 2.42. The molecule has 3 rings (SSSR count). The molecule has 6 heteroatoms. The molecule has 0 aliphatic rings. The van der Waals surface area contributed by atoms with Gasteiger partial charge in [-0.25, -0.2) is 4.98 Å². The first kappa shape index (κ1) is 24.7. The van der Waals surface area contributed by atoms with Crippen LogP contribution in [0, 0.1) is 0 Å². The lowest BCUT2D eigenvalue weighted by Gasteiger charge is -2.07. The van der Waals surface area contributed by atoms with Gasteiger partial charge in [0.1, 0.15) is 5.75 Å². The van der Waals surface area contributed by atoms with Crippen molar-refractivity contribution in [2.75, 3.05) is 26.0 Å². The van der Waals surface area contributed by atoms with E-state index in [2.05, 4.69) is 33.8 Å². The third kappa shape index (κ3) is 9.71. The summed E-state index contributed by atoms with van der Waals surface area (Å²) in [6, 6.07) is 18.7. The van der Waals surface area contributed by atoms with Crippen LogP contribution in [-0.4, -0.2) is 35.7 Å². The number of aromatic nitrogens is 2. The van der Waals surface area contributed by atoms with Crippen LogP contribution in [0.3, 0.4) is 0 Å². The Balaban J connectivity index is 0.000000826. The number of nitrogens with zero attached hydrogens (tertiary/aromatic N) is 1. The summed E-state index contributed by atoms with van der Waals surface area (Å²) < 4.78 is 0. The van der Waals surface area contributed by atoms with E-state index in [1.54, 1.807) is 12.1 Å². The van der Waals surface area contributed by atoms with Gasteiger partial charge in [-0.15, -0.1) is 13.2 Å². The Morgan fingerprint density at radius 3 is 2.27 bits per heavy atom. The molecule has 0 bridgehead atoms. The van der Waals surface area contributed by atoms with E-state index in [1.807, 2.05) is 56.6 Å². The summed E-state index contributed by atoms with van der Waals surface area (Å²) in [5.41, 5.74) is 2.88. The molecule has 0 spiro atoms. The number of anilines is 1. The summed E-state index contributed by atoms with van der Waals surface area (Å²) in [5, 5.41) is 15.2.